The van der Waals surface area contributed by atoms with E-state index < -0.39 is 0 Å². The van der Waals surface area contributed by atoms with Gasteiger partial charge in [-0.1, -0.05) is 33.6 Å². The van der Waals surface area contributed by atoms with E-state index in [1.165, 1.54) is 0 Å². The second-order valence-electron chi connectivity index (χ2n) is 3.07. The van der Waals surface area contributed by atoms with Gasteiger partial charge in [-0.25, -0.2) is 0 Å². The predicted molar refractivity (Wildman–Crippen MR) is 63.2 cm³/mol. The summed E-state index contributed by atoms with van der Waals surface area (Å²) < 4.78 is 0. The molecule has 1 amide bonds. The van der Waals surface area contributed by atoms with Crippen molar-refractivity contribution in [2.24, 2.45) is 0 Å². The number of rotatable bonds is 2. The minimum absolute atomic E-state index is 0.0788. The largest absolute Gasteiger partial charge is 0.325 e. The summed E-state index contributed by atoms with van der Waals surface area (Å²) in [5.74, 6) is -0.0788. The van der Waals surface area contributed by atoms with E-state index in [9.17, 15) is 4.79 Å². The highest BCUT2D eigenvalue weighted by molar-refractivity contribution is 9.10. The molecule has 0 saturated carbocycles. The smallest absolute Gasteiger partial charge is 0.237 e. The first-order valence-corrected chi connectivity index (χ1v) is 5.51. The van der Waals surface area contributed by atoms with Crippen molar-refractivity contribution in [1.82, 2.24) is 0 Å². The molecule has 1 N–H and O–H groups in total. The molecule has 76 valence electrons. The van der Waals surface area contributed by atoms with Gasteiger partial charge in [0.05, 0.1) is 4.83 Å². The molecule has 0 radical (unpaired) electrons. The summed E-state index contributed by atoms with van der Waals surface area (Å²) >= 11 is 9.10. The Morgan fingerprint density at radius 3 is 2.71 bits per heavy atom. The number of benzene rings is 1. The van der Waals surface area contributed by atoms with Crippen molar-refractivity contribution in [1.29, 1.82) is 0 Å². The molecule has 1 atom stereocenters. The summed E-state index contributed by atoms with van der Waals surface area (Å²) in [5, 5.41) is 3.40. The van der Waals surface area contributed by atoms with E-state index in [2.05, 4.69) is 21.2 Å². The summed E-state index contributed by atoms with van der Waals surface area (Å²) in [5.41, 5.74) is 1.72. The Bertz CT molecular complexity index is 352. The minimum Gasteiger partial charge on any atom is -0.325 e. The van der Waals surface area contributed by atoms with Crippen LogP contribution in [0.4, 0.5) is 5.69 Å². The van der Waals surface area contributed by atoms with Crippen LogP contribution >= 0.6 is 27.5 Å². The van der Waals surface area contributed by atoms with Gasteiger partial charge in [0.1, 0.15) is 0 Å². The van der Waals surface area contributed by atoms with Crippen molar-refractivity contribution >= 4 is 39.1 Å². The van der Waals surface area contributed by atoms with Gasteiger partial charge in [0, 0.05) is 10.7 Å². The maximum absolute atomic E-state index is 11.3. The lowest BCUT2D eigenvalue weighted by molar-refractivity contribution is -0.115. The predicted octanol–water partition coefficient (Wildman–Crippen LogP) is 3.37. The molecule has 0 heterocycles. The maximum Gasteiger partial charge on any atom is 0.237 e. The Morgan fingerprint density at radius 2 is 2.21 bits per heavy atom. The molecule has 0 saturated heterocycles. The molecule has 1 unspecified atom stereocenters. The first kappa shape index (κ1) is 11.5. The Hall–Kier alpha value is -0.540. The van der Waals surface area contributed by atoms with Crippen LogP contribution in [0.5, 0.6) is 0 Å². The SMILES string of the molecule is Cc1ccc(NC(=O)C(C)Br)cc1Cl. The van der Waals surface area contributed by atoms with Crippen molar-refractivity contribution in [2.45, 2.75) is 18.7 Å². The molecule has 14 heavy (non-hydrogen) atoms. The number of carbonyl (C=O) groups excluding carboxylic acids is 1. The van der Waals surface area contributed by atoms with Crippen molar-refractivity contribution in [2.75, 3.05) is 5.32 Å². The Labute approximate surface area is 96.8 Å². The zero-order chi connectivity index (χ0) is 10.7. The highest BCUT2D eigenvalue weighted by Crippen LogP contribution is 2.20. The van der Waals surface area contributed by atoms with Crippen LogP contribution in [0.2, 0.25) is 5.02 Å². The fourth-order valence-electron chi connectivity index (χ4n) is 0.912. The molecule has 0 aliphatic heterocycles. The number of alkyl halides is 1. The quantitative estimate of drug-likeness (QED) is 0.825. The lowest BCUT2D eigenvalue weighted by atomic mass is 10.2. The molecule has 1 aromatic carbocycles. The Balaban J connectivity index is 2.78. The van der Waals surface area contributed by atoms with Gasteiger partial charge in [0.2, 0.25) is 5.91 Å². The van der Waals surface area contributed by atoms with Gasteiger partial charge < -0.3 is 5.32 Å². The number of hydrogen-bond donors (Lipinski definition) is 1. The highest BCUT2D eigenvalue weighted by Gasteiger charge is 2.08. The number of hydrogen-bond acceptors (Lipinski definition) is 1. The number of nitrogens with one attached hydrogen (secondary N) is 1. The van der Waals surface area contributed by atoms with E-state index in [1.54, 1.807) is 13.0 Å². The van der Waals surface area contributed by atoms with Crippen LogP contribution in [-0.2, 0) is 4.79 Å². The van der Waals surface area contributed by atoms with Crippen LogP contribution in [0.1, 0.15) is 12.5 Å². The molecule has 1 aromatic rings. The van der Waals surface area contributed by atoms with Crippen molar-refractivity contribution in [3.8, 4) is 0 Å². The highest BCUT2D eigenvalue weighted by atomic mass is 79.9. The Kier molecular flexibility index (Phi) is 3.96. The number of carbonyl (C=O) groups is 1. The first-order valence-electron chi connectivity index (χ1n) is 4.22. The van der Waals surface area contributed by atoms with Crippen LogP contribution in [0, 0.1) is 6.92 Å². The summed E-state index contributed by atoms with van der Waals surface area (Å²) in [4.78, 5) is 11.1. The molecule has 1 rings (SSSR count). The number of anilines is 1. The van der Waals surface area contributed by atoms with E-state index >= 15 is 0 Å². The molecule has 0 aliphatic carbocycles. The molecular formula is C10H11BrClNO. The van der Waals surface area contributed by atoms with Crippen LogP contribution in [0.15, 0.2) is 18.2 Å². The zero-order valence-electron chi connectivity index (χ0n) is 7.97. The van der Waals surface area contributed by atoms with Gasteiger partial charge >= 0.3 is 0 Å². The lowest BCUT2D eigenvalue weighted by Gasteiger charge is -2.07. The number of aryl methyl sites for hydroxylation is 1. The van der Waals surface area contributed by atoms with Crippen LogP contribution in [-0.4, -0.2) is 10.7 Å². The molecule has 0 aliphatic rings. The fourth-order valence-corrected chi connectivity index (χ4v) is 1.21. The van der Waals surface area contributed by atoms with E-state index in [1.807, 2.05) is 19.1 Å². The average molecular weight is 277 g/mol. The third-order valence-electron chi connectivity index (χ3n) is 1.80. The standard InChI is InChI=1S/C10H11BrClNO/c1-6-3-4-8(5-9(6)12)13-10(14)7(2)11/h3-5,7H,1-2H3,(H,13,14). The van der Waals surface area contributed by atoms with Gasteiger partial charge in [0.15, 0.2) is 0 Å². The molecule has 4 heteroatoms. The maximum atomic E-state index is 11.3. The monoisotopic (exact) mass is 275 g/mol. The second-order valence-corrected chi connectivity index (χ2v) is 4.85. The van der Waals surface area contributed by atoms with Crippen LogP contribution in [0.25, 0.3) is 0 Å². The third kappa shape index (κ3) is 3.00. The molecular weight excluding hydrogens is 265 g/mol. The average Bonchev–Trinajstić information content (AvgIpc) is 2.11. The van der Waals surface area contributed by atoms with Crippen molar-refractivity contribution in [3.63, 3.8) is 0 Å². The van der Waals surface area contributed by atoms with Gasteiger partial charge in [-0.2, -0.15) is 0 Å². The molecule has 0 aromatic heterocycles. The molecule has 0 bridgehead atoms. The Morgan fingerprint density at radius 1 is 1.57 bits per heavy atom. The molecule has 2 nitrogen and oxygen atoms in total. The second kappa shape index (κ2) is 4.80. The van der Waals surface area contributed by atoms with Crippen LogP contribution < -0.4 is 5.32 Å². The van der Waals surface area contributed by atoms with Gasteiger partial charge in [0.25, 0.3) is 0 Å². The van der Waals surface area contributed by atoms with Crippen LogP contribution in [0.3, 0.4) is 0 Å². The fraction of sp³-hybridized carbons (Fsp3) is 0.300. The summed E-state index contributed by atoms with van der Waals surface area (Å²) in [6.07, 6.45) is 0. The van der Waals surface area contributed by atoms with E-state index in [4.69, 9.17) is 11.6 Å². The van der Waals surface area contributed by atoms with Gasteiger partial charge in [-0.15, -0.1) is 0 Å². The van der Waals surface area contributed by atoms with Gasteiger partial charge in [-0.3, -0.25) is 4.79 Å². The van der Waals surface area contributed by atoms with Gasteiger partial charge in [-0.05, 0) is 31.5 Å². The van der Waals surface area contributed by atoms with E-state index in [-0.39, 0.29) is 10.7 Å². The molecule has 0 spiro atoms. The van der Waals surface area contributed by atoms with Crippen molar-refractivity contribution < 1.29 is 4.79 Å². The summed E-state index contributed by atoms with van der Waals surface area (Å²) in [6.45, 7) is 3.69. The van der Waals surface area contributed by atoms with Crippen molar-refractivity contribution in [3.05, 3.63) is 28.8 Å². The third-order valence-corrected chi connectivity index (χ3v) is 2.62. The summed E-state index contributed by atoms with van der Waals surface area (Å²) in [6, 6.07) is 5.44. The number of amides is 1. The van der Waals surface area contributed by atoms with E-state index in [0.717, 1.165) is 11.3 Å². The topological polar surface area (TPSA) is 29.1 Å². The summed E-state index contributed by atoms with van der Waals surface area (Å²) in [7, 11) is 0. The normalized spacial score (nSPS) is 12.3. The number of halogens is 2. The molecule has 0 fully saturated rings. The zero-order valence-corrected chi connectivity index (χ0v) is 10.3. The lowest BCUT2D eigenvalue weighted by Crippen LogP contribution is -2.19. The van der Waals surface area contributed by atoms with E-state index in [0.29, 0.717) is 5.02 Å². The first-order chi connectivity index (χ1) is 6.50. The minimum atomic E-state index is -0.206.